The summed E-state index contributed by atoms with van der Waals surface area (Å²) in [5.74, 6) is 0. The van der Waals surface area contributed by atoms with Gasteiger partial charge in [-0.25, -0.2) is 0 Å². The van der Waals surface area contributed by atoms with E-state index in [2.05, 4.69) is 0 Å². The molecule has 0 amide bonds. The monoisotopic (exact) mass is 300 g/mol. The molecule has 0 heterocycles. The number of hydrogen-bond acceptors (Lipinski definition) is 4. The van der Waals surface area contributed by atoms with Crippen LogP contribution in [0.5, 0.6) is 0 Å². The van der Waals surface area contributed by atoms with Crippen molar-refractivity contribution in [3.8, 4) is 0 Å². The Morgan fingerprint density at radius 2 is 1.14 bits per heavy atom. The Morgan fingerprint density at radius 1 is 1.14 bits per heavy atom. The van der Waals surface area contributed by atoms with Crippen LogP contribution >= 0.6 is 0 Å². The van der Waals surface area contributed by atoms with Gasteiger partial charge in [0, 0.05) is 0 Å². The van der Waals surface area contributed by atoms with Gasteiger partial charge in [-0.05, 0) is 0 Å². The van der Waals surface area contributed by atoms with Crippen LogP contribution in [-0.2, 0) is 21.0 Å². The van der Waals surface area contributed by atoms with E-state index in [1.165, 1.54) is 0 Å². The quantitative estimate of drug-likeness (QED) is 0.447. The van der Waals surface area contributed by atoms with Crippen molar-refractivity contribution in [2.45, 2.75) is 0 Å². The third-order valence-corrected chi connectivity index (χ3v) is 0. The van der Waals surface area contributed by atoms with Gasteiger partial charge in [0.25, 0.3) is 0 Å². The average molecular weight is 300 g/mol. The van der Waals surface area contributed by atoms with Crippen LogP contribution in [0.1, 0.15) is 0 Å². The summed E-state index contributed by atoms with van der Waals surface area (Å²) in [7, 11) is 0. The first-order valence-corrected chi connectivity index (χ1v) is 2.54. The molecule has 0 rings (SSSR count). The van der Waals surface area contributed by atoms with E-state index in [-0.39, 0.29) is 79.0 Å². The summed E-state index contributed by atoms with van der Waals surface area (Å²) < 4.78 is 34.3. The zero-order chi connectivity index (χ0) is 4.50. The van der Waals surface area contributed by atoms with Crippen molar-refractivity contribution in [1.82, 2.24) is 0 Å². The van der Waals surface area contributed by atoms with Crippen molar-refractivity contribution >= 4 is 37.7 Å². The van der Waals surface area contributed by atoms with E-state index >= 15 is 0 Å². The summed E-state index contributed by atoms with van der Waals surface area (Å²) >= 11 is -5.62. The molecule has 0 fully saturated rings. The molecule has 0 N–H and O–H groups in total. The fourth-order valence-corrected chi connectivity index (χ4v) is 0. The zero-order valence-corrected chi connectivity index (χ0v) is 10.4. The Bertz CT molecular complexity index is 94.9. The van der Waals surface area contributed by atoms with Crippen molar-refractivity contribution in [1.29, 1.82) is 0 Å². The molecule has 0 aliphatic heterocycles. The Hall–Kier alpha value is 2.66. The predicted octanol–water partition coefficient (Wildman–Crippen LogP) is -3.00. The van der Waals surface area contributed by atoms with Crippen LogP contribution in [0.4, 0.5) is 0 Å². The molecule has 0 bridgehead atoms. The molecule has 0 radical (unpaired) electrons. The van der Waals surface area contributed by atoms with E-state index in [1.807, 2.05) is 0 Å². The maximum atomic E-state index is 8.58. The van der Waals surface area contributed by atoms with E-state index in [1.54, 1.807) is 0 Å². The van der Waals surface area contributed by atoms with Crippen LogP contribution in [0.3, 0.4) is 0 Å². The summed E-state index contributed by atoms with van der Waals surface area (Å²) in [5, 5.41) is 0. The summed E-state index contributed by atoms with van der Waals surface area (Å²) in [6, 6.07) is 0. The summed E-state index contributed by atoms with van der Waals surface area (Å²) in [5.41, 5.74) is 0. The Balaban J connectivity index is -0.0000000800. The molecule has 0 saturated heterocycles. The van der Waals surface area contributed by atoms with Crippen LogP contribution < -0.4 is 8.38 Å². The van der Waals surface area contributed by atoms with Gasteiger partial charge in [0.15, 0.2) is 0 Å². The molecule has 0 saturated carbocycles. The standard InChI is InChI=1S/Ca.Mn.4O.Pr/q+2;;;;2*-1;+3. The summed E-state index contributed by atoms with van der Waals surface area (Å²) in [6.07, 6.45) is 0. The molecule has 0 spiro atoms. The van der Waals surface area contributed by atoms with Gasteiger partial charge < -0.3 is 0 Å². The first kappa shape index (κ1) is 16.3. The van der Waals surface area contributed by atoms with Gasteiger partial charge in [0.05, 0.1) is 0 Å². The second kappa shape index (κ2) is 6.78. The maximum Gasteiger partial charge on any atom is 3.00 e. The molecule has 0 aromatic carbocycles. The second-order valence-corrected chi connectivity index (χ2v) is 1.56. The van der Waals surface area contributed by atoms with E-state index < -0.39 is 13.4 Å². The maximum absolute atomic E-state index is 8.58. The Morgan fingerprint density at radius 3 is 1.14 bits per heavy atom. The van der Waals surface area contributed by atoms with Crippen molar-refractivity contribution in [3.05, 3.63) is 0 Å². The van der Waals surface area contributed by atoms with E-state index in [4.69, 9.17) is 16.0 Å². The Kier molecular flexibility index (Phi) is 15.8. The topological polar surface area (TPSA) is 80.3 Å². The van der Waals surface area contributed by atoms with Crippen molar-refractivity contribution in [2.75, 3.05) is 0 Å². The molecule has 7 heavy (non-hydrogen) atoms. The first-order valence-electron chi connectivity index (χ1n) is 0.617. The molecule has 0 aromatic heterocycles. The molecule has 0 unspecified atom stereocenters. The van der Waals surface area contributed by atoms with Crippen LogP contribution in [-0.4, -0.2) is 37.7 Å². The van der Waals surface area contributed by atoms with E-state index in [9.17, 15) is 0 Å². The van der Waals surface area contributed by atoms with Gasteiger partial charge in [0.1, 0.15) is 0 Å². The van der Waals surface area contributed by atoms with Crippen LogP contribution in [0.15, 0.2) is 0 Å². The number of hydrogen-bond donors (Lipinski definition) is 0. The first-order chi connectivity index (χ1) is 2.00. The normalized spacial score (nSPS) is 8.29. The third-order valence-electron chi connectivity index (χ3n) is 0. The predicted molar refractivity (Wildman–Crippen MR) is 7.13 cm³/mol. The van der Waals surface area contributed by atoms with Gasteiger partial charge >= 0.3 is 108 Å². The fraction of sp³-hybridized carbons (Fsp3) is 0. The average Bonchev–Trinajstić information content (AvgIpc) is 0.722. The summed E-state index contributed by atoms with van der Waals surface area (Å²) in [6.45, 7) is 0. The third kappa shape index (κ3) is 54.2. The fourth-order valence-electron chi connectivity index (χ4n) is 0. The van der Waals surface area contributed by atoms with E-state index in [0.29, 0.717) is 0 Å². The van der Waals surface area contributed by atoms with Crippen LogP contribution in [0, 0.1) is 41.3 Å². The van der Waals surface area contributed by atoms with Crippen LogP contribution in [0.2, 0.25) is 0 Å². The summed E-state index contributed by atoms with van der Waals surface area (Å²) in [4.78, 5) is 0. The van der Waals surface area contributed by atoms with Gasteiger partial charge in [-0.15, -0.1) is 0 Å². The molecular weight excluding hydrogens is 300 g/mol. The van der Waals surface area contributed by atoms with Crippen molar-refractivity contribution in [2.24, 2.45) is 0 Å². The SMILES string of the molecule is [Ca+2].[O]=[Mn](=[O])([O-])[O-].[Pr+3]. The molecule has 4 nitrogen and oxygen atoms in total. The minimum Gasteiger partial charge on any atom is 3.00 e. The molecule has 7 heteroatoms. The van der Waals surface area contributed by atoms with Crippen LogP contribution in [0.25, 0.3) is 0 Å². The smallest absolute Gasteiger partial charge is 3.00 e. The molecule has 0 aliphatic rings. The van der Waals surface area contributed by atoms with Crippen molar-refractivity contribution in [3.63, 3.8) is 0 Å². The molecule has 0 atom stereocenters. The van der Waals surface area contributed by atoms with Gasteiger partial charge in [-0.2, -0.15) is 0 Å². The zero-order valence-electron chi connectivity index (χ0n) is 3.30. The largest absolute Gasteiger partial charge is 3.00 e. The van der Waals surface area contributed by atoms with Crippen molar-refractivity contribution < 1.29 is 70.7 Å². The van der Waals surface area contributed by atoms with Gasteiger partial charge in [-0.3, -0.25) is 0 Å². The second-order valence-electron chi connectivity index (χ2n) is 0.378. The molecule has 33 valence electrons. The van der Waals surface area contributed by atoms with E-state index in [0.717, 1.165) is 0 Å². The van der Waals surface area contributed by atoms with Gasteiger partial charge in [0.2, 0.25) is 0 Å². The number of rotatable bonds is 0. The minimum atomic E-state index is -5.62. The molecular formula is CaMnO4Pr+3. The van der Waals surface area contributed by atoms with Gasteiger partial charge in [-0.1, -0.05) is 0 Å². The molecule has 0 aliphatic carbocycles. The Labute approximate surface area is 106 Å². The minimum absolute atomic E-state index is 0. The molecule has 0 aromatic rings.